The molecule has 0 spiro atoms. The molecule has 2 nitrogen and oxygen atoms in total. The monoisotopic (exact) mass is 255 g/mol. The maximum atomic E-state index is 8.81. The molecule has 0 heterocycles. The second-order valence-corrected chi connectivity index (χ2v) is 4.89. The van der Waals surface area contributed by atoms with Gasteiger partial charge in [0.1, 0.15) is 0 Å². The van der Waals surface area contributed by atoms with E-state index in [2.05, 4.69) is 25.2 Å². The maximum absolute atomic E-state index is 8.81. The highest BCUT2D eigenvalue weighted by Gasteiger charge is 2.12. The van der Waals surface area contributed by atoms with Crippen LogP contribution in [-0.4, -0.2) is 17.8 Å². The Morgan fingerprint density at radius 3 is 2.76 bits per heavy atom. The van der Waals surface area contributed by atoms with Crippen LogP contribution in [0.5, 0.6) is 0 Å². The molecule has 17 heavy (non-hydrogen) atoms. The lowest BCUT2D eigenvalue weighted by Gasteiger charge is -2.22. The summed E-state index contributed by atoms with van der Waals surface area (Å²) in [6.07, 6.45) is 2.87. The van der Waals surface area contributed by atoms with Gasteiger partial charge in [-0.1, -0.05) is 30.7 Å². The highest BCUT2D eigenvalue weighted by Crippen LogP contribution is 2.21. The minimum atomic E-state index is 0.264. The summed E-state index contributed by atoms with van der Waals surface area (Å²) in [6, 6.07) is 8.74. The molecule has 0 aliphatic carbocycles. The lowest BCUT2D eigenvalue weighted by atomic mass is 10.0. The first-order valence-electron chi connectivity index (χ1n) is 6.29. The summed E-state index contributed by atoms with van der Waals surface area (Å²) < 4.78 is 0. The predicted molar refractivity (Wildman–Crippen MR) is 73.4 cm³/mol. The molecular weight excluding hydrogens is 234 g/mol. The van der Waals surface area contributed by atoms with Crippen LogP contribution in [0.4, 0.5) is 0 Å². The molecule has 0 aromatic heterocycles. The van der Waals surface area contributed by atoms with Gasteiger partial charge in [-0.3, -0.25) is 0 Å². The zero-order valence-corrected chi connectivity index (χ0v) is 11.4. The van der Waals surface area contributed by atoms with Gasteiger partial charge in [0.15, 0.2) is 0 Å². The first-order chi connectivity index (χ1) is 8.17. The largest absolute Gasteiger partial charge is 0.396 e. The average molecular weight is 256 g/mol. The molecule has 0 aliphatic rings. The number of aliphatic hydroxyl groups is 1. The minimum absolute atomic E-state index is 0.264. The molecule has 0 aliphatic heterocycles. The van der Waals surface area contributed by atoms with Gasteiger partial charge in [0.25, 0.3) is 0 Å². The molecule has 0 saturated heterocycles. The van der Waals surface area contributed by atoms with Crippen LogP contribution in [-0.2, 0) is 0 Å². The Morgan fingerprint density at radius 1 is 1.41 bits per heavy atom. The quantitative estimate of drug-likeness (QED) is 0.781. The van der Waals surface area contributed by atoms with E-state index in [0.717, 1.165) is 24.3 Å². The number of aliphatic hydroxyl groups excluding tert-OH is 1. The second kappa shape index (κ2) is 7.70. The van der Waals surface area contributed by atoms with Crippen molar-refractivity contribution in [3.05, 3.63) is 34.9 Å². The van der Waals surface area contributed by atoms with Gasteiger partial charge in [0, 0.05) is 23.7 Å². The SMILES string of the molecule is CCC(NC(C)CCCO)c1cccc(Cl)c1. The summed E-state index contributed by atoms with van der Waals surface area (Å²) >= 11 is 6.01. The van der Waals surface area contributed by atoms with E-state index in [0.29, 0.717) is 12.1 Å². The van der Waals surface area contributed by atoms with Gasteiger partial charge < -0.3 is 10.4 Å². The number of benzene rings is 1. The third-order valence-corrected chi connectivity index (χ3v) is 3.18. The summed E-state index contributed by atoms with van der Waals surface area (Å²) in [7, 11) is 0. The lowest BCUT2D eigenvalue weighted by molar-refractivity contribution is 0.273. The van der Waals surface area contributed by atoms with Gasteiger partial charge in [0.05, 0.1) is 0 Å². The molecule has 0 radical (unpaired) electrons. The summed E-state index contributed by atoms with van der Waals surface area (Å²) in [4.78, 5) is 0. The third kappa shape index (κ3) is 5.07. The molecule has 1 rings (SSSR count). The van der Waals surface area contributed by atoms with E-state index in [1.54, 1.807) is 0 Å². The fourth-order valence-corrected chi connectivity index (χ4v) is 2.20. The van der Waals surface area contributed by atoms with Crippen LogP contribution in [0.2, 0.25) is 5.02 Å². The van der Waals surface area contributed by atoms with Crippen molar-refractivity contribution < 1.29 is 5.11 Å². The van der Waals surface area contributed by atoms with E-state index in [1.807, 2.05) is 18.2 Å². The molecule has 2 atom stereocenters. The van der Waals surface area contributed by atoms with E-state index in [-0.39, 0.29) is 6.61 Å². The Morgan fingerprint density at radius 2 is 2.18 bits per heavy atom. The molecule has 2 unspecified atom stereocenters. The van der Waals surface area contributed by atoms with Gasteiger partial charge in [0.2, 0.25) is 0 Å². The van der Waals surface area contributed by atoms with Crippen LogP contribution in [0, 0.1) is 0 Å². The minimum Gasteiger partial charge on any atom is -0.396 e. The Bertz CT molecular complexity index is 330. The standard InChI is InChI=1S/C14H22ClNO/c1-3-14(16-11(2)6-5-9-17)12-7-4-8-13(15)10-12/h4,7-8,10-11,14,16-17H,3,5-6,9H2,1-2H3. The van der Waals surface area contributed by atoms with Crippen LogP contribution in [0.1, 0.15) is 44.7 Å². The molecule has 0 saturated carbocycles. The van der Waals surface area contributed by atoms with Crippen molar-refractivity contribution in [2.75, 3.05) is 6.61 Å². The topological polar surface area (TPSA) is 32.3 Å². The van der Waals surface area contributed by atoms with Crippen LogP contribution in [0.25, 0.3) is 0 Å². The normalized spacial score (nSPS) is 14.6. The van der Waals surface area contributed by atoms with Crippen LogP contribution in [0.15, 0.2) is 24.3 Å². The van der Waals surface area contributed by atoms with Crippen molar-refractivity contribution in [2.45, 2.75) is 45.2 Å². The van der Waals surface area contributed by atoms with Gasteiger partial charge in [-0.15, -0.1) is 0 Å². The van der Waals surface area contributed by atoms with E-state index in [4.69, 9.17) is 16.7 Å². The van der Waals surface area contributed by atoms with Gasteiger partial charge in [-0.05, 0) is 43.9 Å². The van der Waals surface area contributed by atoms with Crippen molar-refractivity contribution in [3.8, 4) is 0 Å². The first kappa shape index (κ1) is 14.5. The van der Waals surface area contributed by atoms with Crippen molar-refractivity contribution >= 4 is 11.6 Å². The molecule has 3 heteroatoms. The fourth-order valence-electron chi connectivity index (χ4n) is 2.00. The molecule has 0 amide bonds. The maximum Gasteiger partial charge on any atom is 0.0431 e. The highest BCUT2D eigenvalue weighted by molar-refractivity contribution is 6.30. The lowest BCUT2D eigenvalue weighted by Crippen LogP contribution is -2.30. The van der Waals surface area contributed by atoms with Gasteiger partial charge in [-0.2, -0.15) is 0 Å². The van der Waals surface area contributed by atoms with Crippen LogP contribution in [0.3, 0.4) is 0 Å². The van der Waals surface area contributed by atoms with E-state index >= 15 is 0 Å². The first-order valence-corrected chi connectivity index (χ1v) is 6.67. The van der Waals surface area contributed by atoms with Crippen molar-refractivity contribution in [3.63, 3.8) is 0 Å². The predicted octanol–water partition coefficient (Wildman–Crippen LogP) is 3.54. The van der Waals surface area contributed by atoms with Gasteiger partial charge in [-0.25, -0.2) is 0 Å². The van der Waals surface area contributed by atoms with Crippen molar-refractivity contribution in [1.82, 2.24) is 5.32 Å². The zero-order chi connectivity index (χ0) is 12.7. The average Bonchev–Trinajstić information content (AvgIpc) is 2.33. The summed E-state index contributed by atoms with van der Waals surface area (Å²) in [5, 5.41) is 13.2. The molecule has 1 aromatic rings. The third-order valence-electron chi connectivity index (χ3n) is 2.94. The summed E-state index contributed by atoms with van der Waals surface area (Å²) in [5.74, 6) is 0. The second-order valence-electron chi connectivity index (χ2n) is 4.45. The van der Waals surface area contributed by atoms with E-state index in [1.165, 1.54) is 5.56 Å². The van der Waals surface area contributed by atoms with Crippen LogP contribution >= 0.6 is 11.6 Å². The van der Waals surface area contributed by atoms with Crippen molar-refractivity contribution in [1.29, 1.82) is 0 Å². The number of halogens is 1. The number of hydrogen-bond donors (Lipinski definition) is 2. The number of rotatable bonds is 7. The van der Waals surface area contributed by atoms with Gasteiger partial charge >= 0.3 is 0 Å². The Hall–Kier alpha value is -0.570. The van der Waals surface area contributed by atoms with E-state index < -0.39 is 0 Å². The highest BCUT2D eigenvalue weighted by atomic mass is 35.5. The van der Waals surface area contributed by atoms with E-state index in [9.17, 15) is 0 Å². The number of hydrogen-bond acceptors (Lipinski definition) is 2. The molecular formula is C14H22ClNO. The smallest absolute Gasteiger partial charge is 0.0431 e. The van der Waals surface area contributed by atoms with Crippen molar-refractivity contribution in [2.24, 2.45) is 0 Å². The van der Waals surface area contributed by atoms with Crippen LogP contribution < -0.4 is 5.32 Å². The molecule has 1 aromatic carbocycles. The Kier molecular flexibility index (Phi) is 6.56. The summed E-state index contributed by atoms with van der Waals surface area (Å²) in [6.45, 7) is 4.58. The molecule has 0 bridgehead atoms. The molecule has 0 fully saturated rings. The molecule has 2 N–H and O–H groups in total. The Labute approximate surface area is 109 Å². The molecule has 96 valence electrons. The summed E-state index contributed by atoms with van der Waals surface area (Å²) in [5.41, 5.74) is 1.23. The fraction of sp³-hybridized carbons (Fsp3) is 0.571. The Balaban J connectivity index is 2.59. The number of nitrogens with one attached hydrogen (secondary N) is 1. The zero-order valence-electron chi connectivity index (χ0n) is 10.6.